The lowest BCUT2D eigenvalue weighted by atomic mass is 10.1. The predicted octanol–water partition coefficient (Wildman–Crippen LogP) is 4.46. The fourth-order valence-corrected chi connectivity index (χ4v) is 4.31. The van der Waals surface area contributed by atoms with Crippen LogP contribution in [0.5, 0.6) is 0 Å². The quantitative estimate of drug-likeness (QED) is 0.598. The molecule has 29 heavy (non-hydrogen) atoms. The molecule has 6 heteroatoms. The van der Waals surface area contributed by atoms with Gasteiger partial charge in [-0.05, 0) is 43.0 Å². The Bertz CT molecular complexity index is 935. The van der Waals surface area contributed by atoms with Gasteiger partial charge in [0.15, 0.2) is 5.82 Å². The van der Waals surface area contributed by atoms with Gasteiger partial charge in [-0.3, -0.25) is 4.79 Å². The third-order valence-corrected chi connectivity index (χ3v) is 6.26. The van der Waals surface area contributed by atoms with E-state index in [0.29, 0.717) is 6.54 Å². The molecule has 2 aromatic heterocycles. The zero-order valence-corrected chi connectivity index (χ0v) is 18.2. The molecule has 0 aliphatic heterocycles. The van der Waals surface area contributed by atoms with E-state index < -0.39 is 0 Å². The molecule has 152 valence electrons. The van der Waals surface area contributed by atoms with E-state index >= 15 is 0 Å². The zero-order chi connectivity index (χ0) is 20.8. The van der Waals surface area contributed by atoms with Crippen LogP contribution in [0, 0.1) is 19.8 Å². The first-order valence-corrected chi connectivity index (χ1v) is 10.9. The predicted molar refractivity (Wildman–Crippen MR) is 119 cm³/mol. The maximum Gasteiger partial charge on any atom is 0.233 e. The van der Waals surface area contributed by atoms with E-state index in [9.17, 15) is 4.79 Å². The van der Waals surface area contributed by atoms with Crippen molar-refractivity contribution < 1.29 is 4.79 Å². The summed E-state index contributed by atoms with van der Waals surface area (Å²) >= 11 is 1.69. The highest BCUT2D eigenvalue weighted by Crippen LogP contribution is 2.24. The number of aromatic nitrogens is 3. The SMILES string of the molecule is Cc1cc(C)n(-c2ccc(CNC(=O)C(SCc3ccccc3)C(C)C)cn2)n1. The van der Waals surface area contributed by atoms with Crippen LogP contribution in [0.25, 0.3) is 5.82 Å². The van der Waals surface area contributed by atoms with E-state index in [4.69, 9.17) is 0 Å². The van der Waals surface area contributed by atoms with Gasteiger partial charge in [0.2, 0.25) is 5.91 Å². The number of pyridine rings is 1. The second-order valence-corrected chi connectivity index (χ2v) is 8.67. The smallest absolute Gasteiger partial charge is 0.233 e. The van der Waals surface area contributed by atoms with Gasteiger partial charge in [-0.25, -0.2) is 9.67 Å². The van der Waals surface area contributed by atoms with E-state index in [-0.39, 0.29) is 17.1 Å². The Morgan fingerprint density at radius 2 is 1.86 bits per heavy atom. The van der Waals surface area contributed by atoms with Crippen LogP contribution in [-0.4, -0.2) is 25.9 Å². The molecule has 0 bridgehead atoms. The van der Waals surface area contributed by atoms with Crippen molar-refractivity contribution >= 4 is 17.7 Å². The standard InChI is InChI=1S/C23H28N4OS/c1-16(2)22(29-15-19-8-6-5-7-9-19)23(28)25-14-20-10-11-21(24-13-20)27-18(4)12-17(3)26-27/h5-13,16,22H,14-15H2,1-4H3,(H,25,28). The Hall–Kier alpha value is -2.60. The first-order chi connectivity index (χ1) is 13.9. The molecule has 0 aliphatic rings. The summed E-state index contributed by atoms with van der Waals surface area (Å²) in [4.78, 5) is 17.2. The zero-order valence-electron chi connectivity index (χ0n) is 17.4. The van der Waals surface area contributed by atoms with Crippen molar-refractivity contribution in [2.75, 3.05) is 0 Å². The van der Waals surface area contributed by atoms with E-state index in [1.54, 1.807) is 18.0 Å². The highest BCUT2D eigenvalue weighted by atomic mass is 32.2. The number of nitrogens with one attached hydrogen (secondary N) is 1. The van der Waals surface area contributed by atoms with Crippen LogP contribution in [0.2, 0.25) is 0 Å². The van der Waals surface area contributed by atoms with Gasteiger partial charge in [-0.15, -0.1) is 11.8 Å². The Balaban J connectivity index is 1.57. The summed E-state index contributed by atoms with van der Waals surface area (Å²) in [5, 5.41) is 7.44. The summed E-state index contributed by atoms with van der Waals surface area (Å²) < 4.78 is 1.83. The second kappa shape index (κ2) is 9.74. The summed E-state index contributed by atoms with van der Waals surface area (Å²) in [6.07, 6.45) is 1.80. The van der Waals surface area contributed by atoms with Crippen molar-refractivity contribution in [3.05, 3.63) is 77.2 Å². The van der Waals surface area contributed by atoms with Gasteiger partial charge in [-0.1, -0.05) is 50.2 Å². The van der Waals surface area contributed by atoms with Gasteiger partial charge < -0.3 is 5.32 Å². The molecule has 0 fully saturated rings. The molecular weight excluding hydrogens is 380 g/mol. The molecule has 1 atom stereocenters. The van der Waals surface area contributed by atoms with Gasteiger partial charge in [0.25, 0.3) is 0 Å². The summed E-state index contributed by atoms with van der Waals surface area (Å²) in [7, 11) is 0. The molecule has 0 aliphatic carbocycles. The maximum absolute atomic E-state index is 12.7. The molecule has 5 nitrogen and oxygen atoms in total. The molecule has 1 amide bonds. The van der Waals surface area contributed by atoms with Crippen molar-refractivity contribution in [1.82, 2.24) is 20.1 Å². The molecule has 0 saturated heterocycles. The number of benzene rings is 1. The highest BCUT2D eigenvalue weighted by molar-refractivity contribution is 7.99. The normalized spacial score (nSPS) is 12.2. The fourth-order valence-electron chi connectivity index (χ4n) is 3.13. The number of thioether (sulfide) groups is 1. The third kappa shape index (κ3) is 5.70. The number of amides is 1. The average Bonchev–Trinajstić information content (AvgIpc) is 3.05. The minimum atomic E-state index is -0.0860. The second-order valence-electron chi connectivity index (χ2n) is 7.54. The molecule has 1 N–H and O–H groups in total. The highest BCUT2D eigenvalue weighted by Gasteiger charge is 2.22. The van der Waals surface area contributed by atoms with Crippen molar-refractivity contribution in [2.24, 2.45) is 5.92 Å². The topological polar surface area (TPSA) is 59.8 Å². The summed E-state index contributed by atoms with van der Waals surface area (Å²) in [6, 6.07) is 16.2. The third-order valence-electron chi connectivity index (χ3n) is 4.64. The van der Waals surface area contributed by atoms with Gasteiger partial charge in [-0.2, -0.15) is 5.10 Å². The largest absolute Gasteiger partial charge is 0.351 e. The van der Waals surface area contributed by atoms with Crippen molar-refractivity contribution in [3.8, 4) is 5.82 Å². The van der Waals surface area contributed by atoms with Gasteiger partial charge >= 0.3 is 0 Å². The first kappa shape index (κ1) is 21.1. The first-order valence-electron chi connectivity index (χ1n) is 9.86. The van der Waals surface area contributed by atoms with Crippen LogP contribution in [0.4, 0.5) is 0 Å². The van der Waals surface area contributed by atoms with Crippen LogP contribution >= 0.6 is 11.8 Å². The van der Waals surface area contributed by atoms with Gasteiger partial charge in [0, 0.05) is 24.2 Å². The number of rotatable bonds is 8. The molecule has 0 saturated carbocycles. The molecule has 2 heterocycles. The Kier molecular flexibility index (Phi) is 7.09. The lowest BCUT2D eigenvalue weighted by Crippen LogP contribution is -2.35. The fraction of sp³-hybridized carbons (Fsp3) is 0.348. The lowest BCUT2D eigenvalue weighted by molar-refractivity contribution is -0.121. The lowest BCUT2D eigenvalue weighted by Gasteiger charge is -2.20. The molecular formula is C23H28N4OS. The number of carbonyl (C=O) groups is 1. The molecule has 1 unspecified atom stereocenters. The molecule has 1 aromatic carbocycles. The van der Waals surface area contributed by atoms with E-state index in [2.05, 4.69) is 41.4 Å². The maximum atomic E-state index is 12.7. The Morgan fingerprint density at radius 3 is 2.45 bits per heavy atom. The number of hydrogen-bond donors (Lipinski definition) is 1. The molecule has 0 spiro atoms. The minimum Gasteiger partial charge on any atom is -0.351 e. The van der Waals surface area contributed by atoms with Crippen molar-refractivity contribution in [2.45, 2.75) is 45.2 Å². The van der Waals surface area contributed by atoms with Gasteiger partial charge in [0.05, 0.1) is 10.9 Å². The number of hydrogen-bond acceptors (Lipinski definition) is 4. The number of nitrogens with zero attached hydrogens (tertiary/aromatic N) is 3. The number of aryl methyl sites for hydroxylation is 2. The van der Waals surface area contributed by atoms with Crippen LogP contribution in [0.1, 0.15) is 36.4 Å². The van der Waals surface area contributed by atoms with E-state index in [0.717, 1.165) is 28.5 Å². The van der Waals surface area contributed by atoms with Crippen LogP contribution in [0.3, 0.4) is 0 Å². The van der Waals surface area contributed by atoms with Gasteiger partial charge in [0.1, 0.15) is 0 Å². The van der Waals surface area contributed by atoms with Crippen LogP contribution in [0.15, 0.2) is 54.7 Å². The molecule has 3 rings (SSSR count). The summed E-state index contributed by atoms with van der Waals surface area (Å²) in [5.74, 6) is 1.94. The van der Waals surface area contributed by atoms with Crippen LogP contribution < -0.4 is 5.32 Å². The summed E-state index contributed by atoms with van der Waals surface area (Å²) in [5.41, 5.74) is 4.22. The summed E-state index contributed by atoms with van der Waals surface area (Å²) in [6.45, 7) is 8.63. The van der Waals surface area contributed by atoms with E-state index in [1.165, 1.54) is 5.56 Å². The molecule has 3 aromatic rings. The van der Waals surface area contributed by atoms with E-state index in [1.807, 2.05) is 54.9 Å². The minimum absolute atomic E-state index is 0.0727. The monoisotopic (exact) mass is 408 g/mol. The average molecular weight is 409 g/mol. The van der Waals surface area contributed by atoms with Crippen LogP contribution in [-0.2, 0) is 17.1 Å². The molecule has 0 radical (unpaired) electrons. The Labute approximate surface area is 176 Å². The Morgan fingerprint density at radius 1 is 1.10 bits per heavy atom. The van der Waals surface area contributed by atoms with Crippen molar-refractivity contribution in [3.63, 3.8) is 0 Å². The number of carbonyl (C=O) groups excluding carboxylic acids is 1. The van der Waals surface area contributed by atoms with Crippen molar-refractivity contribution in [1.29, 1.82) is 0 Å².